The maximum absolute atomic E-state index is 5.59. The largest absolute Gasteiger partial charge is 0.398 e. The van der Waals surface area contributed by atoms with Gasteiger partial charge >= 0.3 is 0 Å². The van der Waals surface area contributed by atoms with Crippen LogP contribution in [0, 0.1) is 0 Å². The van der Waals surface area contributed by atoms with Gasteiger partial charge in [0.05, 0.1) is 0 Å². The average Bonchev–Trinajstić information content (AvgIpc) is 1.97. The number of nitrogen functional groups attached to an aromatic ring is 1. The van der Waals surface area contributed by atoms with Crippen LogP contribution in [-0.4, -0.2) is 7.05 Å². The Balaban J connectivity index is 3.21. The molecule has 11 heavy (non-hydrogen) atoms. The molecule has 60 valence electrons. The number of nitrogens with two attached hydrogens (primary N) is 1. The van der Waals surface area contributed by atoms with E-state index < -0.39 is 0 Å². The van der Waals surface area contributed by atoms with Gasteiger partial charge in [-0.3, -0.25) is 0 Å². The molecule has 0 atom stereocenters. The molecule has 4 heteroatoms. The Morgan fingerprint density at radius 3 is 2.45 bits per heavy atom. The zero-order valence-electron chi connectivity index (χ0n) is 6.13. The Kier molecular flexibility index (Phi) is 2.57. The molecule has 0 aromatic heterocycles. The normalized spacial score (nSPS) is 9.73. The second-order valence-electron chi connectivity index (χ2n) is 2.18. The van der Waals surface area contributed by atoms with E-state index in [1.54, 1.807) is 6.07 Å². The van der Waals surface area contributed by atoms with Gasteiger partial charge in [0.1, 0.15) is 0 Å². The van der Waals surface area contributed by atoms with E-state index in [0.717, 1.165) is 15.5 Å². The van der Waals surface area contributed by atoms with Crippen LogP contribution in [0.3, 0.4) is 0 Å². The smallest absolute Gasteiger partial charge is 0.0485 e. The lowest BCUT2D eigenvalue weighted by molar-refractivity contribution is 1.33. The first-order valence-electron chi connectivity index (χ1n) is 3.14. The second-order valence-corrected chi connectivity index (χ2v) is 3.14. The zero-order valence-corrected chi connectivity index (χ0v) is 7.92. The van der Waals surface area contributed by atoms with Gasteiger partial charge in [-0.25, -0.2) is 0 Å². The summed E-state index contributed by atoms with van der Waals surface area (Å²) in [7, 11) is 1.83. The van der Waals surface area contributed by atoms with Crippen molar-refractivity contribution in [2.75, 3.05) is 18.1 Å². The van der Waals surface area contributed by atoms with Crippen molar-refractivity contribution in [1.82, 2.24) is 0 Å². The molecule has 2 nitrogen and oxygen atoms in total. The fourth-order valence-corrected chi connectivity index (χ4v) is 1.30. The van der Waals surface area contributed by atoms with E-state index in [-0.39, 0.29) is 0 Å². The fourth-order valence-electron chi connectivity index (χ4n) is 0.793. The van der Waals surface area contributed by atoms with Gasteiger partial charge in [0.15, 0.2) is 0 Å². The molecule has 0 amide bonds. The van der Waals surface area contributed by atoms with Crippen LogP contribution in [0.2, 0.25) is 0 Å². The van der Waals surface area contributed by atoms with Gasteiger partial charge in [-0.05, 0) is 12.1 Å². The molecule has 0 aliphatic carbocycles. The van der Waals surface area contributed by atoms with Crippen molar-refractivity contribution >= 4 is 36.6 Å². The molecule has 0 heterocycles. The SMILES string of the molecule is CNc1cc(S)c(N)cc1S. The molecule has 0 saturated heterocycles. The first-order valence-corrected chi connectivity index (χ1v) is 4.04. The van der Waals surface area contributed by atoms with Crippen LogP contribution in [0.5, 0.6) is 0 Å². The lowest BCUT2D eigenvalue weighted by Gasteiger charge is -2.06. The molecule has 1 rings (SSSR count). The highest BCUT2D eigenvalue weighted by molar-refractivity contribution is 7.81. The number of nitrogens with one attached hydrogen (secondary N) is 1. The standard InChI is InChI=1S/C7H10N2S2/c1-9-5-3-6(10)4(8)2-7(5)11/h2-3,9-11H,8H2,1H3. The number of benzene rings is 1. The van der Waals surface area contributed by atoms with Gasteiger partial charge in [0.25, 0.3) is 0 Å². The Morgan fingerprint density at radius 2 is 1.91 bits per heavy atom. The number of hydrogen-bond donors (Lipinski definition) is 4. The second kappa shape index (κ2) is 3.28. The van der Waals surface area contributed by atoms with Gasteiger partial charge in [-0.15, -0.1) is 25.3 Å². The number of rotatable bonds is 1. The van der Waals surface area contributed by atoms with E-state index in [2.05, 4.69) is 30.6 Å². The van der Waals surface area contributed by atoms with Crippen LogP contribution in [0.25, 0.3) is 0 Å². The topological polar surface area (TPSA) is 38.0 Å². The summed E-state index contributed by atoms with van der Waals surface area (Å²) in [5.74, 6) is 0. The minimum absolute atomic E-state index is 0.650. The molecule has 0 spiro atoms. The minimum atomic E-state index is 0.650. The number of thiol groups is 2. The van der Waals surface area contributed by atoms with Gasteiger partial charge in [-0.2, -0.15) is 0 Å². The average molecular weight is 186 g/mol. The summed E-state index contributed by atoms with van der Waals surface area (Å²) in [4.78, 5) is 1.61. The maximum atomic E-state index is 5.59. The van der Waals surface area contributed by atoms with Crippen molar-refractivity contribution in [2.24, 2.45) is 0 Å². The highest BCUT2D eigenvalue weighted by Gasteiger charge is 2.00. The van der Waals surface area contributed by atoms with Gasteiger partial charge < -0.3 is 11.1 Å². The van der Waals surface area contributed by atoms with Gasteiger partial charge in [0, 0.05) is 28.2 Å². The highest BCUT2D eigenvalue weighted by Crippen LogP contribution is 2.27. The van der Waals surface area contributed by atoms with Gasteiger partial charge in [0.2, 0.25) is 0 Å². The molecule has 1 aromatic rings. The third-order valence-electron chi connectivity index (χ3n) is 1.41. The van der Waals surface area contributed by atoms with Crippen LogP contribution in [-0.2, 0) is 0 Å². The maximum Gasteiger partial charge on any atom is 0.0485 e. The van der Waals surface area contributed by atoms with Crippen LogP contribution in [0.15, 0.2) is 21.9 Å². The summed E-state index contributed by atoms with van der Waals surface area (Å²) in [6, 6.07) is 3.62. The van der Waals surface area contributed by atoms with Crippen molar-refractivity contribution < 1.29 is 0 Å². The van der Waals surface area contributed by atoms with Crippen LogP contribution < -0.4 is 11.1 Å². The molecule has 0 aliphatic rings. The fraction of sp³-hybridized carbons (Fsp3) is 0.143. The van der Waals surface area contributed by atoms with Crippen molar-refractivity contribution in [3.8, 4) is 0 Å². The predicted octanol–water partition coefficient (Wildman–Crippen LogP) is 1.89. The summed E-state index contributed by atoms with van der Waals surface area (Å²) in [6.45, 7) is 0. The molecule has 0 aliphatic heterocycles. The first-order chi connectivity index (χ1) is 5.15. The van der Waals surface area contributed by atoms with E-state index in [9.17, 15) is 0 Å². The molecular weight excluding hydrogens is 176 g/mol. The lowest BCUT2D eigenvalue weighted by Crippen LogP contribution is -1.93. The molecule has 0 radical (unpaired) electrons. The van der Waals surface area contributed by atoms with E-state index in [1.807, 2.05) is 13.1 Å². The van der Waals surface area contributed by atoms with E-state index in [4.69, 9.17) is 5.73 Å². The minimum Gasteiger partial charge on any atom is -0.398 e. The van der Waals surface area contributed by atoms with Crippen molar-refractivity contribution in [3.63, 3.8) is 0 Å². The van der Waals surface area contributed by atoms with Crippen molar-refractivity contribution in [2.45, 2.75) is 9.79 Å². The Morgan fingerprint density at radius 1 is 1.27 bits per heavy atom. The van der Waals surface area contributed by atoms with Crippen molar-refractivity contribution in [3.05, 3.63) is 12.1 Å². The Hall–Kier alpha value is -0.480. The summed E-state index contributed by atoms with van der Waals surface area (Å²) in [6.07, 6.45) is 0. The van der Waals surface area contributed by atoms with E-state index in [0.29, 0.717) is 5.69 Å². The van der Waals surface area contributed by atoms with Crippen LogP contribution in [0.1, 0.15) is 0 Å². The zero-order chi connectivity index (χ0) is 8.43. The number of anilines is 2. The van der Waals surface area contributed by atoms with Gasteiger partial charge in [-0.1, -0.05) is 0 Å². The summed E-state index contributed by atoms with van der Waals surface area (Å²) < 4.78 is 0. The van der Waals surface area contributed by atoms with Crippen molar-refractivity contribution in [1.29, 1.82) is 0 Å². The monoisotopic (exact) mass is 186 g/mol. The molecular formula is C7H10N2S2. The molecule has 0 saturated carbocycles. The van der Waals surface area contributed by atoms with E-state index in [1.165, 1.54) is 0 Å². The first kappa shape index (κ1) is 8.62. The summed E-state index contributed by atoms with van der Waals surface area (Å²) in [5, 5.41) is 2.98. The molecule has 1 aromatic carbocycles. The lowest BCUT2D eigenvalue weighted by atomic mass is 10.3. The van der Waals surface area contributed by atoms with E-state index >= 15 is 0 Å². The molecule has 0 bridgehead atoms. The Labute approximate surface area is 77.0 Å². The van der Waals surface area contributed by atoms with Crippen LogP contribution >= 0.6 is 25.3 Å². The molecule has 0 fully saturated rings. The predicted molar refractivity (Wildman–Crippen MR) is 54.9 cm³/mol. The Bertz CT molecular complexity index is 273. The van der Waals surface area contributed by atoms with Crippen LogP contribution in [0.4, 0.5) is 11.4 Å². The molecule has 3 N–H and O–H groups in total. The quantitative estimate of drug-likeness (QED) is 0.399. The third kappa shape index (κ3) is 1.75. The summed E-state index contributed by atoms with van der Waals surface area (Å²) >= 11 is 8.39. The highest BCUT2D eigenvalue weighted by atomic mass is 32.1. The molecule has 0 unspecified atom stereocenters. The third-order valence-corrected chi connectivity index (χ3v) is 2.17. The summed E-state index contributed by atoms with van der Waals surface area (Å²) in [5.41, 5.74) is 7.18. The number of hydrogen-bond acceptors (Lipinski definition) is 4.